The lowest BCUT2D eigenvalue weighted by Gasteiger charge is -2.24. The van der Waals surface area contributed by atoms with Gasteiger partial charge in [0.15, 0.2) is 0 Å². The van der Waals surface area contributed by atoms with E-state index >= 15 is 0 Å². The van der Waals surface area contributed by atoms with E-state index in [-0.39, 0.29) is 5.28 Å². The SMILES string of the molecule is Cc1cc2c(OCCC3CCC3)nc(Cl)nc2s1. The Hall–Kier alpha value is -0.870. The third-order valence-electron chi connectivity index (χ3n) is 3.44. The van der Waals surface area contributed by atoms with Crippen molar-refractivity contribution >= 4 is 33.2 Å². The fourth-order valence-corrected chi connectivity index (χ4v) is 3.29. The summed E-state index contributed by atoms with van der Waals surface area (Å²) in [5.41, 5.74) is 0. The largest absolute Gasteiger partial charge is 0.477 e. The molecule has 0 unspecified atom stereocenters. The Bertz CT molecular complexity index is 565. The summed E-state index contributed by atoms with van der Waals surface area (Å²) in [4.78, 5) is 10.5. The third kappa shape index (κ3) is 2.45. The smallest absolute Gasteiger partial charge is 0.227 e. The first-order valence-electron chi connectivity index (χ1n) is 6.29. The second-order valence-corrected chi connectivity index (χ2v) is 6.38. The second kappa shape index (κ2) is 5.02. The molecule has 2 heterocycles. The lowest BCUT2D eigenvalue weighted by molar-refractivity contribution is 0.219. The summed E-state index contributed by atoms with van der Waals surface area (Å²) in [6.07, 6.45) is 5.19. The number of aromatic nitrogens is 2. The highest BCUT2D eigenvalue weighted by atomic mass is 35.5. The number of aryl methyl sites for hydroxylation is 1. The Morgan fingerprint density at radius 2 is 2.28 bits per heavy atom. The summed E-state index contributed by atoms with van der Waals surface area (Å²) in [6, 6.07) is 2.06. The van der Waals surface area contributed by atoms with E-state index in [0.717, 1.165) is 29.2 Å². The highest BCUT2D eigenvalue weighted by Gasteiger charge is 2.17. The lowest BCUT2D eigenvalue weighted by atomic mass is 9.83. The van der Waals surface area contributed by atoms with Crippen molar-refractivity contribution in [1.82, 2.24) is 9.97 Å². The number of nitrogens with zero attached hydrogens (tertiary/aromatic N) is 2. The maximum absolute atomic E-state index is 5.92. The van der Waals surface area contributed by atoms with E-state index in [0.29, 0.717) is 5.88 Å². The molecule has 0 amide bonds. The van der Waals surface area contributed by atoms with E-state index in [9.17, 15) is 0 Å². The van der Waals surface area contributed by atoms with Gasteiger partial charge in [0.2, 0.25) is 11.2 Å². The first-order chi connectivity index (χ1) is 8.72. The van der Waals surface area contributed by atoms with Crippen molar-refractivity contribution in [2.45, 2.75) is 32.6 Å². The molecule has 18 heavy (non-hydrogen) atoms. The van der Waals surface area contributed by atoms with Crippen molar-refractivity contribution in [3.05, 3.63) is 16.2 Å². The van der Waals surface area contributed by atoms with Crippen LogP contribution < -0.4 is 4.74 Å². The van der Waals surface area contributed by atoms with Crippen LogP contribution in [-0.4, -0.2) is 16.6 Å². The molecule has 0 spiro atoms. The molecular weight excluding hydrogens is 268 g/mol. The summed E-state index contributed by atoms with van der Waals surface area (Å²) < 4.78 is 5.79. The molecule has 0 atom stereocenters. The first-order valence-corrected chi connectivity index (χ1v) is 7.48. The van der Waals surface area contributed by atoms with Gasteiger partial charge in [-0.25, -0.2) is 4.98 Å². The zero-order valence-electron chi connectivity index (χ0n) is 10.3. The van der Waals surface area contributed by atoms with Gasteiger partial charge in [-0.2, -0.15) is 4.98 Å². The number of ether oxygens (including phenoxy) is 1. The van der Waals surface area contributed by atoms with E-state index in [2.05, 4.69) is 23.0 Å². The minimum Gasteiger partial charge on any atom is -0.477 e. The van der Waals surface area contributed by atoms with Crippen LogP contribution in [-0.2, 0) is 0 Å². The van der Waals surface area contributed by atoms with Crippen LogP contribution in [0.25, 0.3) is 10.2 Å². The van der Waals surface area contributed by atoms with E-state index in [4.69, 9.17) is 16.3 Å². The Morgan fingerprint density at radius 3 is 3.00 bits per heavy atom. The van der Waals surface area contributed by atoms with Gasteiger partial charge in [0, 0.05) is 4.88 Å². The average molecular weight is 283 g/mol. The quantitative estimate of drug-likeness (QED) is 0.788. The van der Waals surface area contributed by atoms with Crippen LogP contribution in [0.15, 0.2) is 6.07 Å². The number of halogens is 1. The van der Waals surface area contributed by atoms with Gasteiger partial charge in [-0.3, -0.25) is 0 Å². The van der Waals surface area contributed by atoms with Gasteiger partial charge in [-0.1, -0.05) is 19.3 Å². The molecule has 1 aliphatic rings. The monoisotopic (exact) mass is 282 g/mol. The van der Waals surface area contributed by atoms with Gasteiger partial charge in [-0.05, 0) is 36.9 Å². The molecule has 3 nitrogen and oxygen atoms in total. The molecule has 0 bridgehead atoms. The number of thiophene rings is 1. The number of rotatable bonds is 4. The first kappa shape index (κ1) is 12.2. The molecule has 5 heteroatoms. The third-order valence-corrected chi connectivity index (χ3v) is 4.56. The van der Waals surface area contributed by atoms with Crippen molar-refractivity contribution < 1.29 is 4.74 Å². The molecule has 1 fully saturated rings. The molecule has 1 saturated carbocycles. The molecule has 0 aromatic carbocycles. The predicted octanol–water partition coefficient (Wildman–Crippen LogP) is 4.22. The van der Waals surface area contributed by atoms with Gasteiger partial charge in [0.05, 0.1) is 12.0 Å². The molecule has 0 saturated heterocycles. The fraction of sp³-hybridized carbons (Fsp3) is 0.538. The van der Waals surface area contributed by atoms with E-state index in [1.54, 1.807) is 11.3 Å². The van der Waals surface area contributed by atoms with E-state index in [1.807, 2.05) is 0 Å². The van der Waals surface area contributed by atoms with Gasteiger partial charge >= 0.3 is 0 Å². The van der Waals surface area contributed by atoms with Crippen molar-refractivity contribution in [2.24, 2.45) is 5.92 Å². The Balaban J connectivity index is 1.76. The van der Waals surface area contributed by atoms with Crippen LogP contribution in [0.4, 0.5) is 0 Å². The number of fused-ring (bicyclic) bond motifs is 1. The standard InChI is InChI=1S/C13H15ClN2OS/c1-8-7-10-11(15-13(14)16-12(10)18-8)17-6-5-9-3-2-4-9/h7,9H,2-6H2,1H3. The van der Waals surface area contributed by atoms with Crippen LogP contribution >= 0.6 is 22.9 Å². The zero-order chi connectivity index (χ0) is 12.5. The van der Waals surface area contributed by atoms with Gasteiger partial charge < -0.3 is 4.74 Å². The molecule has 1 aliphatic carbocycles. The molecule has 3 rings (SSSR count). The summed E-state index contributed by atoms with van der Waals surface area (Å²) >= 11 is 7.54. The Labute approximate surface area is 115 Å². The Kier molecular flexibility index (Phi) is 3.39. The predicted molar refractivity (Wildman–Crippen MR) is 74.6 cm³/mol. The maximum Gasteiger partial charge on any atom is 0.227 e. The Morgan fingerprint density at radius 1 is 1.44 bits per heavy atom. The molecule has 0 aliphatic heterocycles. The van der Waals surface area contributed by atoms with Crippen molar-refractivity contribution in [3.8, 4) is 5.88 Å². The van der Waals surface area contributed by atoms with Crippen LogP contribution in [0.5, 0.6) is 5.88 Å². The minimum atomic E-state index is 0.267. The summed E-state index contributed by atoms with van der Waals surface area (Å²) in [5.74, 6) is 1.48. The van der Waals surface area contributed by atoms with Crippen LogP contribution in [0.1, 0.15) is 30.6 Å². The second-order valence-electron chi connectivity index (χ2n) is 4.81. The molecule has 2 aromatic heterocycles. The number of hydrogen-bond donors (Lipinski definition) is 0. The topological polar surface area (TPSA) is 35.0 Å². The highest BCUT2D eigenvalue weighted by molar-refractivity contribution is 7.18. The van der Waals surface area contributed by atoms with E-state index in [1.165, 1.54) is 24.1 Å². The highest BCUT2D eigenvalue weighted by Crippen LogP contribution is 2.32. The minimum absolute atomic E-state index is 0.267. The van der Waals surface area contributed by atoms with Gasteiger partial charge in [0.1, 0.15) is 4.83 Å². The normalized spacial score (nSPS) is 15.9. The lowest BCUT2D eigenvalue weighted by Crippen LogP contribution is -2.14. The van der Waals surface area contributed by atoms with Crippen molar-refractivity contribution in [1.29, 1.82) is 0 Å². The molecule has 0 N–H and O–H groups in total. The van der Waals surface area contributed by atoms with Gasteiger partial charge in [0.25, 0.3) is 0 Å². The molecule has 2 aromatic rings. The fourth-order valence-electron chi connectivity index (χ4n) is 2.20. The molecule has 0 radical (unpaired) electrons. The maximum atomic E-state index is 5.92. The summed E-state index contributed by atoms with van der Waals surface area (Å²) in [7, 11) is 0. The summed E-state index contributed by atoms with van der Waals surface area (Å²) in [5, 5.41) is 1.25. The molecule has 96 valence electrons. The van der Waals surface area contributed by atoms with Gasteiger partial charge in [-0.15, -0.1) is 11.3 Å². The molecular formula is C13H15ClN2OS. The number of hydrogen-bond acceptors (Lipinski definition) is 4. The van der Waals surface area contributed by atoms with Crippen molar-refractivity contribution in [3.63, 3.8) is 0 Å². The van der Waals surface area contributed by atoms with Crippen LogP contribution in [0.3, 0.4) is 0 Å². The van der Waals surface area contributed by atoms with Crippen LogP contribution in [0.2, 0.25) is 5.28 Å². The van der Waals surface area contributed by atoms with Crippen molar-refractivity contribution in [2.75, 3.05) is 6.61 Å². The summed E-state index contributed by atoms with van der Waals surface area (Å²) in [6.45, 7) is 2.78. The van der Waals surface area contributed by atoms with Crippen LogP contribution in [0, 0.1) is 12.8 Å². The average Bonchev–Trinajstić information content (AvgIpc) is 2.61. The zero-order valence-corrected chi connectivity index (χ0v) is 11.9. The van der Waals surface area contributed by atoms with E-state index < -0.39 is 0 Å².